The number of benzene rings is 1. The molecule has 0 heterocycles. The highest BCUT2D eigenvalue weighted by Gasteiger charge is 2.08. The maximum atomic E-state index is 14.2. The van der Waals surface area contributed by atoms with E-state index in [9.17, 15) is 4.39 Å². The van der Waals surface area contributed by atoms with Crippen LogP contribution in [0.15, 0.2) is 40.6 Å². The highest BCUT2D eigenvalue weighted by atomic mass is 19.1. The largest absolute Gasteiger partial charge is 0.260 e. The molecule has 0 aromatic heterocycles. The van der Waals surface area contributed by atoms with Gasteiger partial charge in [-0.25, -0.2) is 4.39 Å². The van der Waals surface area contributed by atoms with E-state index in [-0.39, 0.29) is 5.82 Å². The summed E-state index contributed by atoms with van der Waals surface area (Å²) in [4.78, 5) is 8.61. The molecule has 1 rings (SSSR count). The van der Waals surface area contributed by atoms with Crippen LogP contribution < -0.4 is 0 Å². The first-order valence-electron chi connectivity index (χ1n) is 7.01. The normalized spacial score (nSPS) is 14.1. The van der Waals surface area contributed by atoms with Gasteiger partial charge >= 0.3 is 0 Å². The quantitative estimate of drug-likeness (QED) is 0.675. The molecule has 0 unspecified atom stereocenters. The number of allylic oxidation sites excluding steroid dienone is 2. The number of hydrogen-bond donors (Lipinski definition) is 0. The summed E-state index contributed by atoms with van der Waals surface area (Å²) in [5.74, 6) is -0.170. The summed E-state index contributed by atoms with van der Waals surface area (Å²) in [6, 6.07) is 3.73. The molecule has 1 aromatic rings. The maximum Gasteiger partial charge on any atom is 0.133 e. The Bertz CT molecular complexity index is 635. The molecule has 0 bridgehead atoms. The minimum Gasteiger partial charge on any atom is -0.260 e. The first-order chi connectivity index (χ1) is 9.88. The van der Waals surface area contributed by atoms with E-state index in [0.29, 0.717) is 11.1 Å². The maximum absolute atomic E-state index is 14.2. The summed E-state index contributed by atoms with van der Waals surface area (Å²) in [5.41, 5.74) is 4.70. The predicted octanol–water partition coefficient (Wildman–Crippen LogP) is 5.26. The lowest BCUT2D eigenvalue weighted by atomic mass is 10.0. The molecule has 0 atom stereocenters. The van der Waals surface area contributed by atoms with Gasteiger partial charge in [0.1, 0.15) is 5.82 Å². The zero-order valence-corrected chi connectivity index (χ0v) is 13.7. The van der Waals surface area contributed by atoms with Gasteiger partial charge in [0.25, 0.3) is 0 Å². The minimum atomic E-state index is -0.170. The third kappa shape index (κ3) is 4.48. The summed E-state index contributed by atoms with van der Waals surface area (Å²) in [6.07, 6.45) is 5.29. The van der Waals surface area contributed by atoms with Crippen LogP contribution in [0, 0.1) is 19.7 Å². The fourth-order valence-corrected chi connectivity index (χ4v) is 1.72. The summed E-state index contributed by atoms with van der Waals surface area (Å²) in [5, 5.41) is 0. The van der Waals surface area contributed by atoms with Crippen LogP contribution in [0.3, 0.4) is 0 Å². The zero-order valence-electron chi connectivity index (χ0n) is 13.7. The Kier molecular flexibility index (Phi) is 6.22. The average Bonchev–Trinajstić information content (AvgIpc) is 2.47. The summed E-state index contributed by atoms with van der Waals surface area (Å²) in [7, 11) is 0. The van der Waals surface area contributed by atoms with Crippen molar-refractivity contribution in [3.8, 4) is 0 Å². The van der Waals surface area contributed by atoms with Crippen molar-refractivity contribution in [2.75, 3.05) is 0 Å². The van der Waals surface area contributed by atoms with Crippen LogP contribution in [-0.2, 0) is 0 Å². The van der Waals surface area contributed by atoms with Gasteiger partial charge in [0, 0.05) is 18.0 Å². The molecule has 0 fully saturated rings. The molecule has 0 spiro atoms. The van der Waals surface area contributed by atoms with E-state index in [0.717, 1.165) is 22.6 Å². The number of aliphatic imine (C=N–C) groups is 2. The Morgan fingerprint density at radius 2 is 1.67 bits per heavy atom. The average molecular weight is 286 g/mol. The molecule has 3 heteroatoms. The van der Waals surface area contributed by atoms with Gasteiger partial charge < -0.3 is 0 Å². The second-order valence-electron chi connectivity index (χ2n) is 5.09. The molecule has 21 heavy (non-hydrogen) atoms. The van der Waals surface area contributed by atoms with E-state index in [1.165, 1.54) is 0 Å². The molecule has 0 amide bonds. The Morgan fingerprint density at radius 1 is 1.05 bits per heavy atom. The van der Waals surface area contributed by atoms with Crippen LogP contribution in [0.5, 0.6) is 0 Å². The highest BCUT2D eigenvalue weighted by Crippen LogP contribution is 2.22. The number of rotatable bonds is 4. The van der Waals surface area contributed by atoms with Gasteiger partial charge in [-0.15, -0.1) is 0 Å². The van der Waals surface area contributed by atoms with Crippen molar-refractivity contribution in [3.63, 3.8) is 0 Å². The van der Waals surface area contributed by atoms with Gasteiger partial charge in [-0.05, 0) is 58.2 Å². The lowest BCUT2D eigenvalue weighted by Gasteiger charge is -2.08. The standard InChI is InChI=1S/C18H23FN2/c1-7-10-20-15(5)16(6)21-11-13(3)17-9-8-12(2)14(4)18(17)19/h7-11H,1-6H3/b10-7-,13-11+,20-15-,21-16+. The molecule has 0 aliphatic rings. The van der Waals surface area contributed by atoms with Crippen LogP contribution in [0.25, 0.3) is 5.57 Å². The molecule has 2 nitrogen and oxygen atoms in total. The summed E-state index contributed by atoms with van der Waals surface area (Å²) < 4.78 is 14.2. The van der Waals surface area contributed by atoms with Gasteiger partial charge in [0.05, 0.1) is 11.4 Å². The van der Waals surface area contributed by atoms with Gasteiger partial charge in [-0.3, -0.25) is 9.98 Å². The van der Waals surface area contributed by atoms with E-state index in [2.05, 4.69) is 9.98 Å². The Labute approximate surface area is 126 Å². The topological polar surface area (TPSA) is 24.7 Å². The first-order valence-corrected chi connectivity index (χ1v) is 7.01. The molecule has 1 aromatic carbocycles. The monoisotopic (exact) mass is 286 g/mol. The van der Waals surface area contributed by atoms with Crippen molar-refractivity contribution in [2.24, 2.45) is 9.98 Å². The lowest BCUT2D eigenvalue weighted by Crippen LogP contribution is -2.04. The Balaban J connectivity index is 3.09. The second-order valence-corrected chi connectivity index (χ2v) is 5.09. The molecule has 0 aliphatic carbocycles. The van der Waals surface area contributed by atoms with E-state index < -0.39 is 0 Å². The minimum absolute atomic E-state index is 0.170. The molecule has 0 aliphatic heterocycles. The smallest absolute Gasteiger partial charge is 0.133 e. The predicted molar refractivity (Wildman–Crippen MR) is 90.6 cm³/mol. The lowest BCUT2D eigenvalue weighted by molar-refractivity contribution is 0.613. The molecule has 112 valence electrons. The number of hydrogen-bond acceptors (Lipinski definition) is 2. The Hall–Kier alpha value is -2.03. The van der Waals surface area contributed by atoms with Crippen molar-refractivity contribution in [2.45, 2.75) is 41.5 Å². The summed E-state index contributed by atoms with van der Waals surface area (Å²) in [6.45, 7) is 11.3. The number of halogens is 1. The van der Waals surface area contributed by atoms with Crippen molar-refractivity contribution in [1.82, 2.24) is 0 Å². The molecular formula is C18H23FN2. The van der Waals surface area contributed by atoms with Crippen molar-refractivity contribution >= 4 is 17.0 Å². The molecule has 0 saturated heterocycles. The Morgan fingerprint density at radius 3 is 2.29 bits per heavy atom. The van der Waals surface area contributed by atoms with Crippen LogP contribution in [-0.4, -0.2) is 11.4 Å². The third-order valence-corrected chi connectivity index (χ3v) is 3.47. The fraction of sp³-hybridized carbons (Fsp3) is 0.333. The summed E-state index contributed by atoms with van der Waals surface area (Å²) >= 11 is 0. The van der Waals surface area contributed by atoms with E-state index >= 15 is 0 Å². The SMILES string of the molecule is C\C=C/N=C(C)\C(C)=N\C=C(/C)c1ccc(C)c(C)c1F. The molecule has 0 saturated carbocycles. The highest BCUT2D eigenvalue weighted by molar-refractivity contribution is 6.40. The number of nitrogens with zero attached hydrogens (tertiary/aromatic N) is 2. The fourth-order valence-electron chi connectivity index (χ4n) is 1.72. The van der Waals surface area contributed by atoms with Crippen LogP contribution in [0.1, 0.15) is 44.4 Å². The van der Waals surface area contributed by atoms with Crippen LogP contribution >= 0.6 is 0 Å². The molecular weight excluding hydrogens is 263 g/mol. The third-order valence-electron chi connectivity index (χ3n) is 3.47. The van der Waals surface area contributed by atoms with Gasteiger partial charge in [0.2, 0.25) is 0 Å². The molecule has 0 N–H and O–H groups in total. The number of aryl methyl sites for hydroxylation is 1. The van der Waals surface area contributed by atoms with Crippen molar-refractivity contribution in [1.29, 1.82) is 0 Å². The van der Waals surface area contributed by atoms with Gasteiger partial charge in [0.15, 0.2) is 0 Å². The van der Waals surface area contributed by atoms with Crippen LogP contribution in [0.4, 0.5) is 4.39 Å². The van der Waals surface area contributed by atoms with Gasteiger partial charge in [-0.2, -0.15) is 0 Å². The van der Waals surface area contributed by atoms with E-state index in [1.807, 2.05) is 46.8 Å². The zero-order chi connectivity index (χ0) is 16.0. The van der Waals surface area contributed by atoms with E-state index in [4.69, 9.17) is 0 Å². The molecule has 0 radical (unpaired) electrons. The van der Waals surface area contributed by atoms with Crippen LogP contribution in [0.2, 0.25) is 0 Å². The second kappa shape index (κ2) is 7.67. The van der Waals surface area contributed by atoms with E-state index in [1.54, 1.807) is 25.4 Å². The van der Waals surface area contributed by atoms with Gasteiger partial charge in [-0.1, -0.05) is 18.2 Å². The first kappa shape index (κ1) is 17.0. The van der Waals surface area contributed by atoms with Crippen molar-refractivity contribution in [3.05, 3.63) is 53.1 Å². The van der Waals surface area contributed by atoms with Crippen molar-refractivity contribution < 1.29 is 4.39 Å².